The smallest absolute Gasteiger partial charge is 0.269 e. The molecule has 0 bridgehead atoms. The number of nitro benzene ring substituents is 1. The Labute approximate surface area is 128 Å². The maximum Gasteiger partial charge on any atom is 0.269 e. The summed E-state index contributed by atoms with van der Waals surface area (Å²) >= 11 is 0. The standard InChI is InChI=1S/C14H15N3O4S/c1-10-6-11(8-12(15)7-10)9-16-22(20,21)14-4-2-13(3-5-14)17(18)19/h2-8,16H,9,15H2,1H3. The van der Waals surface area contributed by atoms with Crippen molar-refractivity contribution in [3.63, 3.8) is 0 Å². The molecule has 0 radical (unpaired) electrons. The first kappa shape index (κ1) is 15.9. The fraction of sp³-hybridized carbons (Fsp3) is 0.143. The van der Waals surface area contributed by atoms with Crippen LogP contribution in [0.3, 0.4) is 0 Å². The van der Waals surface area contributed by atoms with Gasteiger partial charge in [0.05, 0.1) is 9.82 Å². The highest BCUT2D eigenvalue weighted by molar-refractivity contribution is 7.89. The molecule has 2 aromatic carbocycles. The number of nitrogens with one attached hydrogen (secondary N) is 1. The second-order valence-electron chi connectivity index (χ2n) is 4.83. The van der Waals surface area contributed by atoms with E-state index in [-0.39, 0.29) is 17.1 Å². The van der Waals surface area contributed by atoms with Gasteiger partial charge in [0, 0.05) is 24.4 Å². The first-order valence-corrected chi connectivity index (χ1v) is 7.86. The fourth-order valence-electron chi connectivity index (χ4n) is 2.01. The van der Waals surface area contributed by atoms with Crippen LogP contribution >= 0.6 is 0 Å². The molecule has 0 aliphatic carbocycles. The van der Waals surface area contributed by atoms with Gasteiger partial charge in [-0.15, -0.1) is 0 Å². The lowest BCUT2D eigenvalue weighted by Crippen LogP contribution is -2.23. The average Bonchev–Trinajstić information content (AvgIpc) is 2.44. The van der Waals surface area contributed by atoms with E-state index in [2.05, 4.69) is 4.72 Å². The van der Waals surface area contributed by atoms with Gasteiger partial charge in [0.2, 0.25) is 10.0 Å². The number of nitrogens with two attached hydrogens (primary N) is 1. The molecule has 8 heteroatoms. The van der Waals surface area contributed by atoms with E-state index in [0.29, 0.717) is 5.69 Å². The van der Waals surface area contributed by atoms with Crippen molar-refractivity contribution in [1.82, 2.24) is 4.72 Å². The maximum absolute atomic E-state index is 12.1. The van der Waals surface area contributed by atoms with Crippen LogP contribution in [0.25, 0.3) is 0 Å². The zero-order valence-electron chi connectivity index (χ0n) is 11.8. The Kier molecular flexibility index (Phi) is 4.43. The third-order valence-corrected chi connectivity index (χ3v) is 4.40. The van der Waals surface area contributed by atoms with Crippen LogP contribution in [0, 0.1) is 17.0 Å². The van der Waals surface area contributed by atoms with E-state index in [0.717, 1.165) is 23.3 Å². The number of aryl methyl sites for hydroxylation is 1. The van der Waals surface area contributed by atoms with E-state index in [1.54, 1.807) is 12.1 Å². The molecule has 7 nitrogen and oxygen atoms in total. The summed E-state index contributed by atoms with van der Waals surface area (Å²) in [6.07, 6.45) is 0. The van der Waals surface area contributed by atoms with Gasteiger partial charge in [-0.05, 0) is 42.3 Å². The lowest BCUT2D eigenvalue weighted by Gasteiger charge is -2.08. The van der Waals surface area contributed by atoms with Crippen molar-refractivity contribution in [2.24, 2.45) is 0 Å². The second kappa shape index (κ2) is 6.12. The van der Waals surface area contributed by atoms with Crippen molar-refractivity contribution in [2.75, 3.05) is 5.73 Å². The van der Waals surface area contributed by atoms with Gasteiger partial charge in [-0.25, -0.2) is 13.1 Å². The Bertz CT molecular complexity index is 781. The first-order valence-electron chi connectivity index (χ1n) is 6.38. The van der Waals surface area contributed by atoms with Gasteiger partial charge in [0.15, 0.2) is 0 Å². The highest BCUT2D eigenvalue weighted by atomic mass is 32.2. The number of nitro groups is 1. The van der Waals surface area contributed by atoms with E-state index in [9.17, 15) is 18.5 Å². The number of rotatable bonds is 5. The number of hydrogen-bond acceptors (Lipinski definition) is 5. The van der Waals surface area contributed by atoms with Gasteiger partial charge < -0.3 is 5.73 Å². The quantitative estimate of drug-likeness (QED) is 0.496. The third-order valence-electron chi connectivity index (χ3n) is 2.98. The molecular formula is C14H15N3O4S. The minimum Gasteiger partial charge on any atom is -0.399 e. The lowest BCUT2D eigenvalue weighted by atomic mass is 10.1. The molecule has 0 amide bonds. The SMILES string of the molecule is Cc1cc(N)cc(CNS(=O)(=O)c2ccc([N+](=O)[O-])cc2)c1. The maximum atomic E-state index is 12.1. The Morgan fingerprint density at radius 2 is 1.82 bits per heavy atom. The van der Waals surface area contributed by atoms with Crippen LogP contribution in [0.5, 0.6) is 0 Å². The van der Waals surface area contributed by atoms with Crippen molar-refractivity contribution in [2.45, 2.75) is 18.4 Å². The minimum atomic E-state index is -3.74. The van der Waals surface area contributed by atoms with Crippen molar-refractivity contribution in [1.29, 1.82) is 0 Å². The Morgan fingerprint density at radius 1 is 1.18 bits per heavy atom. The van der Waals surface area contributed by atoms with Gasteiger partial charge in [-0.3, -0.25) is 10.1 Å². The van der Waals surface area contributed by atoms with E-state index in [1.807, 2.05) is 13.0 Å². The van der Waals surface area contributed by atoms with E-state index >= 15 is 0 Å². The molecular weight excluding hydrogens is 306 g/mol. The number of nitrogen functional groups attached to an aromatic ring is 1. The van der Waals surface area contributed by atoms with Crippen molar-refractivity contribution < 1.29 is 13.3 Å². The van der Waals surface area contributed by atoms with Gasteiger partial charge in [-0.2, -0.15) is 0 Å². The minimum absolute atomic E-state index is 0.0290. The topological polar surface area (TPSA) is 115 Å². The fourth-order valence-corrected chi connectivity index (χ4v) is 3.02. The molecule has 0 fully saturated rings. The summed E-state index contributed by atoms with van der Waals surface area (Å²) in [7, 11) is -3.74. The third kappa shape index (κ3) is 3.80. The van der Waals surface area contributed by atoms with Crippen molar-refractivity contribution in [3.8, 4) is 0 Å². The van der Waals surface area contributed by atoms with Crippen LogP contribution in [0.1, 0.15) is 11.1 Å². The second-order valence-corrected chi connectivity index (χ2v) is 6.59. The van der Waals surface area contributed by atoms with Crippen molar-refractivity contribution >= 4 is 21.4 Å². The zero-order chi connectivity index (χ0) is 16.3. The molecule has 2 aromatic rings. The van der Waals surface area contributed by atoms with Gasteiger partial charge in [0.1, 0.15) is 0 Å². The van der Waals surface area contributed by atoms with Crippen LogP contribution in [0.15, 0.2) is 47.4 Å². The lowest BCUT2D eigenvalue weighted by molar-refractivity contribution is -0.384. The summed E-state index contributed by atoms with van der Waals surface area (Å²) in [5.41, 5.74) is 7.79. The molecule has 0 aromatic heterocycles. The molecule has 0 heterocycles. The van der Waals surface area contributed by atoms with Crippen LogP contribution in [-0.2, 0) is 16.6 Å². The van der Waals surface area contributed by atoms with Gasteiger partial charge in [0.25, 0.3) is 5.69 Å². The highest BCUT2D eigenvalue weighted by Gasteiger charge is 2.15. The molecule has 0 aliphatic heterocycles. The molecule has 2 rings (SSSR count). The monoisotopic (exact) mass is 321 g/mol. The number of nitrogens with zero attached hydrogens (tertiary/aromatic N) is 1. The normalized spacial score (nSPS) is 11.3. The average molecular weight is 321 g/mol. The number of non-ortho nitro benzene ring substituents is 1. The summed E-state index contributed by atoms with van der Waals surface area (Å²) in [5.74, 6) is 0. The Hall–Kier alpha value is -2.45. The molecule has 0 saturated heterocycles. The summed E-state index contributed by atoms with van der Waals surface area (Å²) in [5, 5.41) is 10.6. The van der Waals surface area contributed by atoms with E-state index in [1.165, 1.54) is 12.1 Å². The predicted molar refractivity (Wildman–Crippen MR) is 82.7 cm³/mol. The molecule has 0 aliphatic rings. The van der Waals surface area contributed by atoms with Gasteiger partial charge >= 0.3 is 0 Å². The molecule has 0 atom stereocenters. The molecule has 0 saturated carbocycles. The van der Waals surface area contributed by atoms with Crippen LogP contribution in [-0.4, -0.2) is 13.3 Å². The molecule has 3 N–H and O–H groups in total. The highest BCUT2D eigenvalue weighted by Crippen LogP contribution is 2.17. The van der Waals surface area contributed by atoms with Crippen molar-refractivity contribution in [3.05, 3.63) is 63.7 Å². The largest absolute Gasteiger partial charge is 0.399 e. The molecule has 0 unspecified atom stereocenters. The van der Waals surface area contributed by atoms with Crippen LogP contribution < -0.4 is 10.5 Å². The van der Waals surface area contributed by atoms with Crippen LogP contribution in [0.4, 0.5) is 11.4 Å². The van der Waals surface area contributed by atoms with E-state index in [4.69, 9.17) is 5.73 Å². The summed E-state index contributed by atoms with van der Waals surface area (Å²) in [6, 6.07) is 10.0. The molecule has 0 spiro atoms. The summed E-state index contributed by atoms with van der Waals surface area (Å²) in [6.45, 7) is 1.95. The zero-order valence-corrected chi connectivity index (χ0v) is 12.6. The van der Waals surface area contributed by atoms with Gasteiger partial charge in [-0.1, -0.05) is 6.07 Å². The summed E-state index contributed by atoms with van der Waals surface area (Å²) in [4.78, 5) is 9.95. The molecule has 22 heavy (non-hydrogen) atoms. The molecule has 116 valence electrons. The number of benzene rings is 2. The van der Waals surface area contributed by atoms with Crippen LogP contribution in [0.2, 0.25) is 0 Å². The first-order chi connectivity index (χ1) is 10.3. The Morgan fingerprint density at radius 3 is 2.36 bits per heavy atom. The predicted octanol–water partition coefficient (Wildman–Crippen LogP) is 1.96. The van der Waals surface area contributed by atoms with E-state index < -0.39 is 14.9 Å². The number of anilines is 1. The number of sulfonamides is 1. The Balaban J connectivity index is 2.15. The number of hydrogen-bond donors (Lipinski definition) is 2. The summed E-state index contributed by atoms with van der Waals surface area (Å²) < 4.78 is 26.7.